The number of guanidine groups is 1. The van der Waals surface area contributed by atoms with E-state index < -0.39 is 11.8 Å². The van der Waals surface area contributed by atoms with Gasteiger partial charge in [0.15, 0.2) is 5.96 Å². The lowest BCUT2D eigenvalue weighted by atomic mass is 9.98. The Hall–Kier alpha value is -3.16. The highest BCUT2D eigenvalue weighted by atomic mass is 19.1. The molecule has 0 fully saturated rings. The van der Waals surface area contributed by atoms with Gasteiger partial charge in [0.1, 0.15) is 23.5 Å². The predicted molar refractivity (Wildman–Crippen MR) is 109 cm³/mol. The molecule has 8 heteroatoms. The molecule has 0 radical (unpaired) electrons. The SMILES string of the molecule is CN=C(NCC(C)Oc1ccc(F)cc1)NCC(Cc1ccc(F)cc1)C(N)=O. The highest BCUT2D eigenvalue weighted by molar-refractivity contribution is 5.81. The second-order valence-electron chi connectivity index (χ2n) is 6.65. The molecule has 2 unspecified atom stereocenters. The van der Waals surface area contributed by atoms with Gasteiger partial charge >= 0.3 is 0 Å². The van der Waals surface area contributed by atoms with Gasteiger partial charge in [0, 0.05) is 13.6 Å². The topological polar surface area (TPSA) is 88.7 Å². The van der Waals surface area contributed by atoms with E-state index >= 15 is 0 Å². The van der Waals surface area contributed by atoms with Crippen LogP contribution in [0, 0.1) is 17.6 Å². The monoisotopic (exact) mass is 404 g/mol. The van der Waals surface area contributed by atoms with Crippen molar-refractivity contribution >= 4 is 11.9 Å². The number of nitrogens with one attached hydrogen (secondary N) is 2. The summed E-state index contributed by atoms with van der Waals surface area (Å²) in [4.78, 5) is 15.9. The zero-order valence-corrected chi connectivity index (χ0v) is 16.5. The van der Waals surface area contributed by atoms with E-state index in [9.17, 15) is 13.6 Å². The van der Waals surface area contributed by atoms with Crippen LogP contribution >= 0.6 is 0 Å². The number of carbonyl (C=O) groups is 1. The van der Waals surface area contributed by atoms with Gasteiger partial charge in [-0.05, 0) is 55.3 Å². The summed E-state index contributed by atoms with van der Waals surface area (Å²) in [7, 11) is 1.61. The van der Waals surface area contributed by atoms with Gasteiger partial charge in [-0.2, -0.15) is 0 Å². The Morgan fingerprint density at radius 2 is 1.59 bits per heavy atom. The number of hydrogen-bond donors (Lipinski definition) is 3. The zero-order valence-electron chi connectivity index (χ0n) is 16.5. The van der Waals surface area contributed by atoms with Crippen LogP contribution < -0.4 is 21.1 Å². The molecule has 2 aromatic carbocycles. The molecule has 0 aliphatic heterocycles. The van der Waals surface area contributed by atoms with E-state index in [1.807, 2.05) is 6.92 Å². The van der Waals surface area contributed by atoms with E-state index in [1.54, 1.807) is 31.3 Å². The third kappa shape index (κ3) is 7.77. The van der Waals surface area contributed by atoms with Crippen LogP contribution in [0.4, 0.5) is 8.78 Å². The van der Waals surface area contributed by atoms with E-state index in [0.717, 1.165) is 5.56 Å². The van der Waals surface area contributed by atoms with E-state index in [4.69, 9.17) is 10.5 Å². The standard InChI is InChI=1S/C21H26F2N4O2/c1-14(29-19-9-7-18(23)8-10-19)12-26-21(25-2)27-13-16(20(24)28)11-15-3-5-17(22)6-4-15/h3-10,14,16H,11-13H2,1-2H3,(H2,24,28)(H2,25,26,27). The predicted octanol–water partition coefficient (Wildman–Crippen LogP) is 2.24. The quantitative estimate of drug-likeness (QED) is 0.442. The van der Waals surface area contributed by atoms with Crippen LogP contribution in [0.25, 0.3) is 0 Å². The van der Waals surface area contributed by atoms with Crippen LogP contribution in [0.2, 0.25) is 0 Å². The Kier molecular flexibility index (Phi) is 8.39. The van der Waals surface area contributed by atoms with Gasteiger partial charge in [-0.25, -0.2) is 8.78 Å². The van der Waals surface area contributed by atoms with Gasteiger partial charge < -0.3 is 21.1 Å². The molecule has 0 heterocycles. The number of carbonyl (C=O) groups excluding carboxylic acids is 1. The van der Waals surface area contributed by atoms with Crippen molar-refractivity contribution in [2.45, 2.75) is 19.4 Å². The first kappa shape index (κ1) is 22.1. The Labute approximate surface area is 169 Å². The van der Waals surface area contributed by atoms with E-state index in [1.165, 1.54) is 24.3 Å². The number of rotatable bonds is 9. The molecule has 0 spiro atoms. The van der Waals surface area contributed by atoms with Crippen molar-refractivity contribution in [1.82, 2.24) is 10.6 Å². The van der Waals surface area contributed by atoms with Crippen molar-refractivity contribution in [1.29, 1.82) is 0 Å². The van der Waals surface area contributed by atoms with Crippen LogP contribution in [-0.4, -0.2) is 38.1 Å². The molecule has 29 heavy (non-hydrogen) atoms. The largest absolute Gasteiger partial charge is 0.489 e. The molecule has 2 atom stereocenters. The van der Waals surface area contributed by atoms with Crippen molar-refractivity contribution in [3.63, 3.8) is 0 Å². The number of benzene rings is 2. The van der Waals surface area contributed by atoms with Gasteiger partial charge in [-0.1, -0.05) is 12.1 Å². The molecule has 0 aliphatic carbocycles. The molecule has 1 amide bonds. The minimum absolute atomic E-state index is 0.204. The normalized spacial score (nSPS) is 13.4. The number of hydrogen-bond acceptors (Lipinski definition) is 3. The lowest BCUT2D eigenvalue weighted by Gasteiger charge is -2.20. The molecule has 0 saturated heterocycles. The lowest BCUT2D eigenvalue weighted by Crippen LogP contribution is -2.45. The van der Waals surface area contributed by atoms with E-state index in [-0.39, 0.29) is 24.3 Å². The maximum Gasteiger partial charge on any atom is 0.222 e. The van der Waals surface area contributed by atoms with Gasteiger partial charge in [0.2, 0.25) is 5.91 Å². The third-order valence-corrected chi connectivity index (χ3v) is 4.25. The van der Waals surface area contributed by atoms with Crippen LogP contribution in [0.15, 0.2) is 53.5 Å². The van der Waals surface area contributed by atoms with E-state index in [2.05, 4.69) is 15.6 Å². The highest BCUT2D eigenvalue weighted by Gasteiger charge is 2.17. The molecule has 4 N–H and O–H groups in total. The Balaban J connectivity index is 1.81. The molecule has 0 aliphatic rings. The highest BCUT2D eigenvalue weighted by Crippen LogP contribution is 2.13. The number of ether oxygens (including phenoxy) is 1. The minimum Gasteiger partial charge on any atom is -0.489 e. The number of primary amides is 1. The van der Waals surface area contributed by atoms with Crippen LogP contribution in [-0.2, 0) is 11.2 Å². The summed E-state index contributed by atoms with van der Waals surface area (Å²) >= 11 is 0. The number of amides is 1. The average molecular weight is 404 g/mol. The van der Waals surface area contributed by atoms with Gasteiger partial charge in [-0.3, -0.25) is 9.79 Å². The molecule has 6 nitrogen and oxygen atoms in total. The van der Waals surface area contributed by atoms with Crippen molar-refractivity contribution < 1.29 is 18.3 Å². The minimum atomic E-state index is -0.480. The van der Waals surface area contributed by atoms with E-state index in [0.29, 0.717) is 24.7 Å². The first-order valence-corrected chi connectivity index (χ1v) is 9.28. The average Bonchev–Trinajstić information content (AvgIpc) is 2.70. The second-order valence-corrected chi connectivity index (χ2v) is 6.65. The summed E-state index contributed by atoms with van der Waals surface area (Å²) in [5.74, 6) is -0.528. The molecular formula is C21H26F2N4O2. The number of nitrogens with zero attached hydrogens (tertiary/aromatic N) is 1. The van der Waals surface area contributed by atoms with Gasteiger partial charge in [-0.15, -0.1) is 0 Å². The first-order valence-electron chi connectivity index (χ1n) is 9.28. The second kappa shape index (κ2) is 11.0. The smallest absolute Gasteiger partial charge is 0.222 e. The van der Waals surface area contributed by atoms with Gasteiger partial charge in [0.05, 0.1) is 12.5 Å². The maximum atomic E-state index is 13.0. The fourth-order valence-corrected chi connectivity index (χ4v) is 2.65. The molecule has 0 saturated carbocycles. The van der Waals surface area contributed by atoms with Crippen molar-refractivity contribution in [3.8, 4) is 5.75 Å². The summed E-state index contributed by atoms with van der Waals surface area (Å²) in [5, 5.41) is 6.17. The number of aliphatic imine (C=N–C) groups is 1. The summed E-state index contributed by atoms with van der Waals surface area (Å²) in [5.41, 5.74) is 6.32. The zero-order chi connectivity index (χ0) is 21.2. The lowest BCUT2D eigenvalue weighted by molar-refractivity contribution is -0.121. The summed E-state index contributed by atoms with van der Waals surface area (Å²) < 4.78 is 31.7. The summed E-state index contributed by atoms with van der Waals surface area (Å²) in [6, 6.07) is 11.8. The summed E-state index contributed by atoms with van der Waals surface area (Å²) in [6.45, 7) is 2.58. The molecule has 2 rings (SSSR count). The molecule has 0 bridgehead atoms. The van der Waals surface area contributed by atoms with Crippen molar-refractivity contribution in [2.24, 2.45) is 16.6 Å². The van der Waals surface area contributed by atoms with Crippen LogP contribution in [0.1, 0.15) is 12.5 Å². The third-order valence-electron chi connectivity index (χ3n) is 4.25. The van der Waals surface area contributed by atoms with Crippen LogP contribution in [0.5, 0.6) is 5.75 Å². The number of nitrogens with two attached hydrogens (primary N) is 1. The molecular weight excluding hydrogens is 378 g/mol. The van der Waals surface area contributed by atoms with Gasteiger partial charge in [0.25, 0.3) is 0 Å². The Morgan fingerprint density at radius 3 is 2.14 bits per heavy atom. The fraction of sp³-hybridized carbons (Fsp3) is 0.333. The number of halogens is 2. The Morgan fingerprint density at radius 1 is 1.03 bits per heavy atom. The molecule has 0 aromatic heterocycles. The van der Waals surface area contributed by atoms with Crippen LogP contribution in [0.3, 0.4) is 0 Å². The molecule has 2 aromatic rings. The van der Waals surface area contributed by atoms with Crippen molar-refractivity contribution in [3.05, 3.63) is 65.7 Å². The maximum absolute atomic E-state index is 13.0. The van der Waals surface area contributed by atoms with Crippen molar-refractivity contribution in [2.75, 3.05) is 20.1 Å². The fourth-order valence-electron chi connectivity index (χ4n) is 2.65. The molecule has 156 valence electrons. The Bertz CT molecular complexity index is 810. The summed E-state index contributed by atoms with van der Waals surface area (Å²) in [6.07, 6.45) is 0.189. The first-order chi connectivity index (χ1) is 13.9.